The topological polar surface area (TPSA) is 88.7 Å². The van der Waals surface area contributed by atoms with Crippen molar-refractivity contribution in [2.24, 2.45) is 7.05 Å². The summed E-state index contributed by atoms with van der Waals surface area (Å²) < 4.78 is 8.65. The fraction of sp³-hybridized carbons (Fsp3) is 0.517. The molecule has 1 aliphatic heterocycles. The minimum absolute atomic E-state index is 0.142. The van der Waals surface area contributed by atoms with E-state index in [-0.39, 0.29) is 10.5 Å². The first-order valence-electron chi connectivity index (χ1n) is 13.2. The van der Waals surface area contributed by atoms with E-state index in [1.54, 1.807) is 0 Å². The summed E-state index contributed by atoms with van der Waals surface area (Å²) in [6, 6.07) is 8.48. The molecule has 1 aromatic carbocycles. The smallest absolute Gasteiger partial charge is 0.192 e. The minimum atomic E-state index is -1.91. The molecular formula is C29H38N6OSi. The van der Waals surface area contributed by atoms with Crippen LogP contribution < -0.4 is 5.32 Å². The number of aryl methyl sites for hydroxylation is 2. The van der Waals surface area contributed by atoms with Gasteiger partial charge in [0.25, 0.3) is 0 Å². The first-order chi connectivity index (χ1) is 17.4. The molecule has 1 atom stereocenters. The zero-order valence-electron chi connectivity index (χ0n) is 23.2. The highest BCUT2D eigenvalue weighted by atomic mass is 28.4. The second-order valence-electron chi connectivity index (χ2n) is 12.4. The Morgan fingerprint density at radius 3 is 2.76 bits per heavy atom. The van der Waals surface area contributed by atoms with Crippen LogP contribution in [0.2, 0.25) is 18.1 Å². The molecule has 8 heteroatoms. The van der Waals surface area contributed by atoms with Crippen LogP contribution in [0.5, 0.6) is 0 Å². The molecule has 3 heterocycles. The summed E-state index contributed by atoms with van der Waals surface area (Å²) in [7, 11) is 0.0991. The van der Waals surface area contributed by atoms with Crippen LogP contribution in [0.15, 0.2) is 24.4 Å². The average Bonchev–Trinajstić information content (AvgIpc) is 3.52. The van der Waals surface area contributed by atoms with Gasteiger partial charge in [-0.3, -0.25) is 4.68 Å². The lowest BCUT2D eigenvalue weighted by Gasteiger charge is -2.39. The van der Waals surface area contributed by atoms with Gasteiger partial charge in [-0.05, 0) is 66.7 Å². The van der Waals surface area contributed by atoms with E-state index < -0.39 is 8.32 Å². The van der Waals surface area contributed by atoms with Crippen molar-refractivity contribution < 1.29 is 4.43 Å². The second-order valence-corrected chi connectivity index (χ2v) is 17.2. The van der Waals surface area contributed by atoms with Crippen molar-refractivity contribution in [2.45, 2.75) is 76.9 Å². The van der Waals surface area contributed by atoms with E-state index in [9.17, 15) is 5.26 Å². The zero-order valence-corrected chi connectivity index (χ0v) is 24.2. The predicted octanol–water partition coefficient (Wildman–Crippen LogP) is 5.53. The van der Waals surface area contributed by atoms with Gasteiger partial charge in [0.2, 0.25) is 0 Å². The molecule has 0 saturated carbocycles. The quantitative estimate of drug-likeness (QED) is 0.435. The molecule has 1 aliphatic carbocycles. The van der Waals surface area contributed by atoms with E-state index in [2.05, 4.69) is 63.2 Å². The Balaban J connectivity index is 1.47. The molecule has 2 aromatic heterocycles. The highest BCUT2D eigenvalue weighted by Crippen LogP contribution is 2.44. The first kappa shape index (κ1) is 25.6. The summed E-state index contributed by atoms with van der Waals surface area (Å²) in [5, 5.41) is 18.4. The SMILES string of the molecule is Cn1nc2c(c1Cc1nccc(-c3cc(C#N)c4c(c3)C(C)(CO[Si](C)(C)C(C)(C)C)CN4)n1)CCC2. The number of hydrogen-bond donors (Lipinski definition) is 1. The lowest BCUT2D eigenvalue weighted by Crippen LogP contribution is -2.45. The summed E-state index contributed by atoms with van der Waals surface area (Å²) in [6.45, 7) is 15.0. The number of hydrogen-bond acceptors (Lipinski definition) is 6. The van der Waals surface area contributed by atoms with E-state index in [1.165, 1.54) is 23.4 Å². The number of anilines is 1. The molecule has 0 saturated heterocycles. The van der Waals surface area contributed by atoms with Gasteiger partial charge >= 0.3 is 0 Å². The van der Waals surface area contributed by atoms with Crippen LogP contribution in [0.4, 0.5) is 5.69 Å². The molecule has 0 radical (unpaired) electrons. The standard InChI is InChI=1S/C29H38N6OSi/c1-28(2,3)37(6,7)36-18-29(4)17-32-27-20(16-30)13-19(14-22(27)29)23-11-12-31-26(33-23)15-25-21-9-8-10-24(21)34-35(25)5/h11-14,32H,8-10,15,17-18H2,1-7H3. The van der Waals surface area contributed by atoms with Gasteiger partial charge in [-0.1, -0.05) is 27.7 Å². The zero-order chi connectivity index (χ0) is 26.6. The molecule has 0 amide bonds. The highest BCUT2D eigenvalue weighted by molar-refractivity contribution is 6.74. The summed E-state index contributed by atoms with van der Waals surface area (Å²) in [4.78, 5) is 9.53. The van der Waals surface area contributed by atoms with Crippen molar-refractivity contribution >= 4 is 14.0 Å². The van der Waals surface area contributed by atoms with Gasteiger partial charge in [0.05, 0.1) is 22.6 Å². The molecule has 0 spiro atoms. The van der Waals surface area contributed by atoms with Crippen molar-refractivity contribution in [3.8, 4) is 17.3 Å². The van der Waals surface area contributed by atoms with Crippen LogP contribution in [-0.2, 0) is 36.2 Å². The molecule has 1 N–H and O–H groups in total. The summed E-state index contributed by atoms with van der Waals surface area (Å²) in [6.07, 6.45) is 5.79. The summed E-state index contributed by atoms with van der Waals surface area (Å²) in [5.41, 5.74) is 8.04. The van der Waals surface area contributed by atoms with Crippen molar-refractivity contribution in [3.05, 3.63) is 58.3 Å². The normalized spacial score (nSPS) is 18.9. The minimum Gasteiger partial charge on any atom is -0.416 e. The molecule has 3 aromatic rings. The molecular weight excluding hydrogens is 476 g/mol. The Morgan fingerprint density at radius 1 is 1.24 bits per heavy atom. The summed E-state index contributed by atoms with van der Waals surface area (Å²) in [5.74, 6) is 0.774. The maximum Gasteiger partial charge on any atom is 0.192 e. The number of nitriles is 1. The third kappa shape index (κ3) is 4.60. The number of nitrogens with zero attached hydrogens (tertiary/aromatic N) is 5. The van der Waals surface area contributed by atoms with E-state index in [4.69, 9.17) is 14.5 Å². The Morgan fingerprint density at radius 2 is 2.03 bits per heavy atom. The maximum atomic E-state index is 10.00. The summed E-state index contributed by atoms with van der Waals surface area (Å²) >= 11 is 0. The Bertz CT molecular complexity index is 1400. The number of benzene rings is 1. The van der Waals surface area contributed by atoms with E-state index in [0.29, 0.717) is 18.6 Å². The largest absolute Gasteiger partial charge is 0.416 e. The van der Waals surface area contributed by atoms with Gasteiger partial charge in [0, 0.05) is 49.5 Å². The predicted molar refractivity (Wildman–Crippen MR) is 149 cm³/mol. The van der Waals surface area contributed by atoms with Gasteiger partial charge in [-0.15, -0.1) is 0 Å². The average molecular weight is 515 g/mol. The molecule has 0 bridgehead atoms. The van der Waals surface area contributed by atoms with Crippen molar-refractivity contribution in [2.75, 3.05) is 18.5 Å². The fourth-order valence-corrected chi connectivity index (χ4v) is 6.32. The molecule has 2 aliphatic rings. The van der Waals surface area contributed by atoms with Gasteiger partial charge in [-0.25, -0.2) is 9.97 Å². The van der Waals surface area contributed by atoms with Crippen LogP contribution >= 0.6 is 0 Å². The molecule has 37 heavy (non-hydrogen) atoms. The van der Waals surface area contributed by atoms with Gasteiger partial charge in [0.15, 0.2) is 8.32 Å². The van der Waals surface area contributed by atoms with Crippen LogP contribution in [0.25, 0.3) is 11.3 Å². The lowest BCUT2D eigenvalue weighted by molar-refractivity contribution is 0.220. The highest BCUT2D eigenvalue weighted by Gasteiger charge is 2.42. The van der Waals surface area contributed by atoms with Crippen LogP contribution in [0.3, 0.4) is 0 Å². The van der Waals surface area contributed by atoms with Crippen LogP contribution in [0, 0.1) is 11.3 Å². The molecule has 1 unspecified atom stereocenters. The lowest BCUT2D eigenvalue weighted by atomic mass is 9.83. The van der Waals surface area contributed by atoms with Crippen molar-refractivity contribution in [1.29, 1.82) is 5.26 Å². The van der Waals surface area contributed by atoms with Gasteiger partial charge < -0.3 is 9.74 Å². The van der Waals surface area contributed by atoms with E-state index in [1.807, 2.05) is 30.1 Å². The molecule has 7 nitrogen and oxygen atoms in total. The molecule has 5 rings (SSSR count). The van der Waals surface area contributed by atoms with Gasteiger partial charge in [0.1, 0.15) is 11.9 Å². The third-order valence-corrected chi connectivity index (χ3v) is 13.1. The van der Waals surface area contributed by atoms with Crippen molar-refractivity contribution in [3.63, 3.8) is 0 Å². The van der Waals surface area contributed by atoms with Crippen LogP contribution in [-0.4, -0.2) is 41.2 Å². The number of rotatable bonds is 6. The second kappa shape index (κ2) is 9.07. The first-order valence-corrected chi connectivity index (χ1v) is 16.1. The van der Waals surface area contributed by atoms with Gasteiger partial charge in [-0.2, -0.15) is 10.4 Å². The van der Waals surface area contributed by atoms with E-state index >= 15 is 0 Å². The Kier molecular flexibility index (Phi) is 6.28. The van der Waals surface area contributed by atoms with Crippen molar-refractivity contribution in [1.82, 2.24) is 19.7 Å². The molecule has 194 valence electrons. The number of nitrogens with one attached hydrogen (secondary N) is 1. The fourth-order valence-electron chi connectivity index (χ4n) is 5.21. The third-order valence-electron chi connectivity index (χ3n) is 8.65. The van der Waals surface area contributed by atoms with E-state index in [0.717, 1.165) is 47.7 Å². The maximum absolute atomic E-state index is 10.00. The Hall–Kier alpha value is -3.02. The van der Waals surface area contributed by atoms with Crippen LogP contribution in [0.1, 0.15) is 68.0 Å². The molecule has 0 fully saturated rings. The monoisotopic (exact) mass is 514 g/mol. The number of fused-ring (bicyclic) bond motifs is 2. The Labute approximate surface area is 221 Å². The number of aromatic nitrogens is 4.